The lowest BCUT2D eigenvalue weighted by Gasteiger charge is -2.26. The number of rotatable bonds is 3. The van der Waals surface area contributed by atoms with Gasteiger partial charge in [0.2, 0.25) is 0 Å². The molecule has 0 saturated carbocycles. The smallest absolute Gasteiger partial charge is 0.0469 e. The number of halogens is 2. The molecule has 1 heterocycles. The van der Waals surface area contributed by atoms with Gasteiger partial charge in [0.05, 0.1) is 0 Å². The molecule has 1 fully saturated rings. The molecule has 1 nitrogen and oxygen atoms in total. The summed E-state index contributed by atoms with van der Waals surface area (Å²) in [5.41, 5.74) is 1.31. The van der Waals surface area contributed by atoms with Crippen LogP contribution in [0.2, 0.25) is 0 Å². The molecule has 0 aliphatic carbocycles. The summed E-state index contributed by atoms with van der Waals surface area (Å²) in [6, 6.07) is 8.39. The van der Waals surface area contributed by atoms with Gasteiger partial charge in [0, 0.05) is 23.1 Å². The minimum atomic E-state index is 0.234. The van der Waals surface area contributed by atoms with E-state index >= 15 is 0 Å². The van der Waals surface area contributed by atoms with E-state index in [1.54, 1.807) is 0 Å². The van der Waals surface area contributed by atoms with Crippen LogP contribution in [-0.4, -0.2) is 18.6 Å². The molecule has 0 bridgehead atoms. The molecule has 1 aromatic rings. The Morgan fingerprint density at radius 3 is 2.81 bits per heavy atom. The average molecular weight is 304 g/mol. The summed E-state index contributed by atoms with van der Waals surface area (Å²) in [7, 11) is 0. The Bertz CT molecular complexity index is 336. The minimum Gasteiger partial charge on any atom is -0.381 e. The fraction of sp³-hybridized carbons (Fsp3) is 0.538. The number of hydrogen-bond donors (Lipinski definition) is 0. The summed E-state index contributed by atoms with van der Waals surface area (Å²) in [5, 5.41) is 0.234. The van der Waals surface area contributed by atoms with Crippen molar-refractivity contribution in [3.8, 4) is 0 Å². The summed E-state index contributed by atoms with van der Waals surface area (Å²) in [6.45, 7) is 1.73. The third kappa shape index (κ3) is 3.47. The number of alkyl halides is 1. The maximum Gasteiger partial charge on any atom is 0.0469 e. The first-order valence-corrected chi connectivity index (χ1v) is 6.95. The number of ether oxygens (including phenoxy) is 1. The fourth-order valence-electron chi connectivity index (χ4n) is 2.13. The van der Waals surface area contributed by atoms with Crippen molar-refractivity contribution in [3.05, 3.63) is 34.3 Å². The summed E-state index contributed by atoms with van der Waals surface area (Å²) in [6.07, 6.45) is 3.15. The Morgan fingerprint density at radius 2 is 2.12 bits per heavy atom. The van der Waals surface area contributed by atoms with E-state index in [1.165, 1.54) is 5.56 Å². The second-order valence-electron chi connectivity index (χ2n) is 4.30. The van der Waals surface area contributed by atoms with Gasteiger partial charge in [-0.1, -0.05) is 28.1 Å². The molecule has 0 amide bonds. The molecule has 0 radical (unpaired) electrons. The van der Waals surface area contributed by atoms with Crippen molar-refractivity contribution < 1.29 is 4.74 Å². The Labute approximate surface area is 110 Å². The van der Waals surface area contributed by atoms with Gasteiger partial charge in [-0.2, -0.15) is 0 Å². The average Bonchev–Trinajstić information content (AvgIpc) is 2.30. The van der Waals surface area contributed by atoms with Crippen LogP contribution in [0.15, 0.2) is 28.7 Å². The molecule has 16 heavy (non-hydrogen) atoms. The Balaban J connectivity index is 1.93. The van der Waals surface area contributed by atoms with Crippen LogP contribution in [0.4, 0.5) is 0 Å². The highest BCUT2D eigenvalue weighted by Gasteiger charge is 2.22. The Hall–Kier alpha value is -0.0500. The van der Waals surface area contributed by atoms with Crippen molar-refractivity contribution in [2.24, 2.45) is 5.92 Å². The summed E-state index contributed by atoms with van der Waals surface area (Å²) in [4.78, 5) is 0. The van der Waals surface area contributed by atoms with Crippen molar-refractivity contribution in [3.63, 3.8) is 0 Å². The van der Waals surface area contributed by atoms with Crippen LogP contribution in [0.3, 0.4) is 0 Å². The van der Waals surface area contributed by atoms with Crippen LogP contribution < -0.4 is 0 Å². The van der Waals surface area contributed by atoms with Crippen molar-refractivity contribution >= 4 is 27.5 Å². The molecular formula is C13H16BrClO. The first-order valence-electron chi connectivity index (χ1n) is 5.72. The van der Waals surface area contributed by atoms with Crippen molar-refractivity contribution in [1.29, 1.82) is 0 Å². The highest BCUT2D eigenvalue weighted by Crippen LogP contribution is 2.26. The monoisotopic (exact) mass is 302 g/mol. The molecule has 1 aromatic carbocycles. The zero-order valence-electron chi connectivity index (χ0n) is 9.16. The van der Waals surface area contributed by atoms with Gasteiger partial charge in [0.25, 0.3) is 0 Å². The highest BCUT2D eigenvalue weighted by molar-refractivity contribution is 9.10. The minimum absolute atomic E-state index is 0.234. The molecule has 1 unspecified atom stereocenters. The fourth-order valence-corrected chi connectivity index (χ4v) is 3.01. The summed E-state index contributed by atoms with van der Waals surface area (Å²) >= 11 is 9.96. The molecule has 0 aromatic heterocycles. The lowest BCUT2D eigenvalue weighted by molar-refractivity contribution is 0.0651. The van der Waals surface area contributed by atoms with E-state index < -0.39 is 0 Å². The molecule has 3 heteroatoms. The van der Waals surface area contributed by atoms with Gasteiger partial charge in [-0.05, 0) is 42.9 Å². The third-order valence-electron chi connectivity index (χ3n) is 3.10. The lowest BCUT2D eigenvalue weighted by atomic mass is 9.92. The van der Waals surface area contributed by atoms with Gasteiger partial charge >= 0.3 is 0 Å². The van der Waals surface area contributed by atoms with Crippen molar-refractivity contribution in [2.45, 2.75) is 24.6 Å². The molecule has 1 saturated heterocycles. The van der Waals surface area contributed by atoms with Crippen LogP contribution in [0.1, 0.15) is 18.4 Å². The molecule has 1 aliphatic rings. The number of benzene rings is 1. The van der Waals surface area contributed by atoms with E-state index in [4.69, 9.17) is 16.3 Å². The van der Waals surface area contributed by atoms with Crippen LogP contribution >= 0.6 is 27.5 Å². The lowest BCUT2D eigenvalue weighted by Crippen LogP contribution is -2.25. The number of hydrogen-bond acceptors (Lipinski definition) is 1. The third-order valence-corrected chi connectivity index (χ3v) is 4.10. The van der Waals surface area contributed by atoms with Gasteiger partial charge in [-0.3, -0.25) is 0 Å². The molecule has 2 rings (SSSR count). The standard InChI is InChI=1S/C13H16BrClO/c14-12-3-1-2-10(8-12)9-13(15)11-4-6-16-7-5-11/h1-3,8,11,13H,4-7,9H2. The predicted octanol–water partition coefficient (Wildman–Crippen LogP) is 4.03. The predicted molar refractivity (Wildman–Crippen MR) is 71.0 cm³/mol. The van der Waals surface area contributed by atoms with E-state index in [0.717, 1.165) is 36.9 Å². The van der Waals surface area contributed by atoms with E-state index in [1.807, 2.05) is 6.07 Å². The molecule has 0 N–H and O–H groups in total. The van der Waals surface area contributed by atoms with Crippen molar-refractivity contribution in [1.82, 2.24) is 0 Å². The van der Waals surface area contributed by atoms with Crippen LogP contribution in [0.5, 0.6) is 0 Å². The second-order valence-corrected chi connectivity index (χ2v) is 5.78. The quantitative estimate of drug-likeness (QED) is 0.766. The largest absolute Gasteiger partial charge is 0.381 e. The van der Waals surface area contributed by atoms with Crippen LogP contribution in [-0.2, 0) is 11.2 Å². The van der Waals surface area contributed by atoms with E-state index in [2.05, 4.69) is 34.1 Å². The second kappa shape index (κ2) is 6.04. The molecule has 88 valence electrons. The molecule has 1 atom stereocenters. The SMILES string of the molecule is ClC(Cc1cccc(Br)c1)C1CCOCC1. The van der Waals surface area contributed by atoms with Gasteiger partial charge < -0.3 is 4.74 Å². The Kier molecular flexibility index (Phi) is 4.68. The van der Waals surface area contributed by atoms with Gasteiger partial charge in [0.1, 0.15) is 0 Å². The topological polar surface area (TPSA) is 9.23 Å². The zero-order valence-corrected chi connectivity index (χ0v) is 11.5. The molecule has 1 aliphatic heterocycles. The zero-order chi connectivity index (χ0) is 11.4. The first kappa shape index (κ1) is 12.4. The van der Waals surface area contributed by atoms with E-state index in [9.17, 15) is 0 Å². The van der Waals surface area contributed by atoms with E-state index in [0.29, 0.717) is 5.92 Å². The van der Waals surface area contributed by atoms with Crippen molar-refractivity contribution in [2.75, 3.05) is 13.2 Å². The first-order chi connectivity index (χ1) is 7.75. The Morgan fingerprint density at radius 1 is 1.38 bits per heavy atom. The summed E-state index contributed by atoms with van der Waals surface area (Å²) in [5.74, 6) is 0.606. The van der Waals surface area contributed by atoms with Crippen LogP contribution in [0, 0.1) is 5.92 Å². The highest BCUT2D eigenvalue weighted by atomic mass is 79.9. The summed E-state index contributed by atoms with van der Waals surface area (Å²) < 4.78 is 6.48. The molecular weight excluding hydrogens is 287 g/mol. The van der Waals surface area contributed by atoms with Gasteiger partial charge in [0.15, 0.2) is 0 Å². The van der Waals surface area contributed by atoms with Gasteiger partial charge in [-0.15, -0.1) is 11.6 Å². The van der Waals surface area contributed by atoms with Crippen LogP contribution in [0.25, 0.3) is 0 Å². The maximum absolute atomic E-state index is 6.48. The van der Waals surface area contributed by atoms with E-state index in [-0.39, 0.29) is 5.38 Å². The maximum atomic E-state index is 6.48. The van der Waals surface area contributed by atoms with Gasteiger partial charge in [-0.25, -0.2) is 0 Å². The molecule has 0 spiro atoms. The normalized spacial score (nSPS) is 19.6.